The average Bonchev–Trinajstić information content (AvgIpc) is 2.75. The maximum absolute atomic E-state index is 11.6. The first-order chi connectivity index (χ1) is 7.77. The van der Waals surface area contributed by atoms with Gasteiger partial charge in [-0.15, -0.1) is 11.3 Å². The van der Waals surface area contributed by atoms with E-state index in [4.69, 9.17) is 10.00 Å². The summed E-state index contributed by atoms with van der Waals surface area (Å²) in [5, 5.41) is 11.0. The van der Waals surface area contributed by atoms with Crippen LogP contribution in [-0.2, 0) is 4.74 Å². The number of nitriles is 1. The van der Waals surface area contributed by atoms with Gasteiger partial charge < -0.3 is 4.74 Å². The van der Waals surface area contributed by atoms with Gasteiger partial charge in [-0.3, -0.25) is 4.90 Å². The molecule has 1 aliphatic heterocycles. The summed E-state index contributed by atoms with van der Waals surface area (Å²) in [5.74, 6) is 0. The highest BCUT2D eigenvalue weighted by atomic mass is 32.1. The third-order valence-corrected chi connectivity index (χ3v) is 3.25. The maximum Gasteiger partial charge on any atom is 0.415 e. The van der Waals surface area contributed by atoms with Crippen LogP contribution in [0.5, 0.6) is 0 Å². The first kappa shape index (κ1) is 10.7. The summed E-state index contributed by atoms with van der Waals surface area (Å²) in [6, 6.07) is 3.48. The van der Waals surface area contributed by atoms with E-state index in [9.17, 15) is 4.79 Å². The first-order valence-corrected chi connectivity index (χ1v) is 5.76. The Morgan fingerprint density at radius 3 is 3.25 bits per heavy atom. The van der Waals surface area contributed by atoms with Gasteiger partial charge in [0.15, 0.2) is 6.04 Å². The second-order valence-corrected chi connectivity index (χ2v) is 4.14. The second-order valence-electron chi connectivity index (χ2n) is 3.19. The minimum atomic E-state index is -0.570. The third kappa shape index (κ3) is 1.68. The molecule has 5 heteroatoms. The van der Waals surface area contributed by atoms with Crippen molar-refractivity contribution >= 4 is 23.5 Å². The average molecular weight is 234 g/mol. The van der Waals surface area contributed by atoms with Crippen molar-refractivity contribution in [2.24, 2.45) is 0 Å². The molecule has 0 spiro atoms. The van der Waals surface area contributed by atoms with Crippen molar-refractivity contribution in [3.05, 3.63) is 28.1 Å². The molecule has 0 fully saturated rings. The molecular weight excluding hydrogens is 224 g/mol. The Kier molecular flexibility index (Phi) is 2.93. The molecule has 82 valence electrons. The van der Waals surface area contributed by atoms with Crippen LogP contribution in [0.4, 0.5) is 4.79 Å². The number of hydrogen-bond acceptors (Lipinski definition) is 4. The quantitative estimate of drug-likeness (QED) is 0.750. The van der Waals surface area contributed by atoms with E-state index in [1.54, 1.807) is 13.1 Å². The lowest BCUT2D eigenvalue weighted by molar-refractivity contribution is 0.116. The van der Waals surface area contributed by atoms with Gasteiger partial charge in [-0.1, -0.05) is 0 Å². The summed E-state index contributed by atoms with van der Waals surface area (Å²) in [6.07, 6.45) is 2.93. The first-order valence-electron chi connectivity index (χ1n) is 4.88. The summed E-state index contributed by atoms with van der Waals surface area (Å²) in [5.41, 5.74) is 0.997. The Hall–Kier alpha value is -1.80. The molecule has 1 unspecified atom stereocenters. The lowest BCUT2D eigenvalue weighted by Gasteiger charge is -2.25. The smallest absolute Gasteiger partial charge is 0.415 e. The molecule has 0 saturated heterocycles. The van der Waals surface area contributed by atoms with Crippen LogP contribution in [0.1, 0.15) is 23.4 Å². The molecule has 0 saturated carbocycles. The monoisotopic (exact) mass is 234 g/mol. The van der Waals surface area contributed by atoms with Crippen LogP contribution < -0.4 is 0 Å². The molecule has 0 aliphatic carbocycles. The van der Waals surface area contributed by atoms with Crippen molar-refractivity contribution in [3.8, 4) is 6.07 Å². The lowest BCUT2D eigenvalue weighted by Crippen LogP contribution is -2.31. The molecule has 0 radical (unpaired) electrons. The zero-order chi connectivity index (χ0) is 11.5. The van der Waals surface area contributed by atoms with Crippen LogP contribution in [0.2, 0.25) is 0 Å². The SMILES string of the molecule is CCOC(=O)N1C=Cc2ccsc2C1C#N. The Morgan fingerprint density at radius 2 is 2.56 bits per heavy atom. The van der Waals surface area contributed by atoms with Crippen LogP contribution >= 0.6 is 11.3 Å². The predicted octanol–water partition coefficient (Wildman–Crippen LogP) is 2.76. The van der Waals surface area contributed by atoms with Crippen LogP contribution in [-0.4, -0.2) is 17.6 Å². The molecule has 1 amide bonds. The number of fused-ring (bicyclic) bond motifs is 1. The van der Waals surface area contributed by atoms with E-state index in [0.29, 0.717) is 6.61 Å². The molecule has 16 heavy (non-hydrogen) atoms. The fourth-order valence-corrected chi connectivity index (χ4v) is 2.48. The number of carbonyl (C=O) groups is 1. The van der Waals surface area contributed by atoms with Crippen LogP contribution in [0, 0.1) is 11.3 Å². The summed E-state index contributed by atoms with van der Waals surface area (Å²) < 4.78 is 4.89. The van der Waals surface area contributed by atoms with Gasteiger partial charge >= 0.3 is 6.09 Å². The standard InChI is InChI=1S/C11H10N2O2S/c1-2-15-11(14)13-5-3-8-4-6-16-10(8)9(13)7-12/h3-6,9H,2H2,1H3. The minimum absolute atomic E-state index is 0.304. The summed E-state index contributed by atoms with van der Waals surface area (Å²) >= 11 is 1.47. The molecule has 1 aromatic heterocycles. The van der Waals surface area contributed by atoms with Crippen LogP contribution in [0.25, 0.3) is 6.08 Å². The number of ether oxygens (including phenoxy) is 1. The normalized spacial score (nSPS) is 17.8. The van der Waals surface area contributed by atoms with E-state index < -0.39 is 12.1 Å². The van der Waals surface area contributed by atoms with Gasteiger partial charge in [0.05, 0.1) is 12.7 Å². The molecule has 1 aromatic rings. The summed E-state index contributed by atoms with van der Waals surface area (Å²) in [4.78, 5) is 13.8. The Morgan fingerprint density at radius 1 is 1.75 bits per heavy atom. The molecule has 2 rings (SSSR count). The van der Waals surface area contributed by atoms with Crippen LogP contribution in [0.15, 0.2) is 17.6 Å². The number of amides is 1. The Balaban J connectivity index is 2.31. The number of rotatable bonds is 1. The molecule has 1 atom stereocenters. The molecule has 1 aliphatic rings. The van der Waals surface area contributed by atoms with E-state index >= 15 is 0 Å². The number of thiophene rings is 1. The second kappa shape index (κ2) is 4.37. The van der Waals surface area contributed by atoms with Crippen molar-refractivity contribution in [2.45, 2.75) is 13.0 Å². The number of nitrogens with zero attached hydrogens (tertiary/aromatic N) is 2. The van der Waals surface area contributed by atoms with Crippen molar-refractivity contribution in [1.82, 2.24) is 4.90 Å². The molecule has 0 aromatic carbocycles. The molecule has 0 bridgehead atoms. The van der Waals surface area contributed by atoms with E-state index in [2.05, 4.69) is 6.07 Å². The molecule has 2 heterocycles. The zero-order valence-corrected chi connectivity index (χ0v) is 9.53. The van der Waals surface area contributed by atoms with Gasteiger partial charge in [-0.2, -0.15) is 5.26 Å². The Bertz CT molecular complexity index is 473. The van der Waals surface area contributed by atoms with E-state index in [-0.39, 0.29) is 0 Å². The van der Waals surface area contributed by atoms with Gasteiger partial charge in [0, 0.05) is 11.1 Å². The predicted molar refractivity (Wildman–Crippen MR) is 60.6 cm³/mol. The largest absolute Gasteiger partial charge is 0.449 e. The van der Waals surface area contributed by atoms with E-state index in [1.807, 2.05) is 17.5 Å². The summed E-state index contributed by atoms with van der Waals surface area (Å²) in [7, 11) is 0. The highest BCUT2D eigenvalue weighted by Gasteiger charge is 2.29. The zero-order valence-electron chi connectivity index (χ0n) is 8.71. The van der Waals surface area contributed by atoms with Gasteiger partial charge in [0.1, 0.15) is 0 Å². The van der Waals surface area contributed by atoms with Crippen molar-refractivity contribution in [3.63, 3.8) is 0 Å². The highest BCUT2D eigenvalue weighted by Crippen LogP contribution is 2.34. The van der Waals surface area contributed by atoms with E-state index in [1.165, 1.54) is 16.2 Å². The Labute approximate surface area is 97.4 Å². The maximum atomic E-state index is 11.6. The fourth-order valence-electron chi connectivity index (χ4n) is 1.55. The molecule has 4 nitrogen and oxygen atoms in total. The highest BCUT2D eigenvalue weighted by molar-refractivity contribution is 7.10. The third-order valence-electron chi connectivity index (χ3n) is 2.27. The van der Waals surface area contributed by atoms with Gasteiger partial charge in [0.2, 0.25) is 0 Å². The van der Waals surface area contributed by atoms with E-state index in [0.717, 1.165) is 10.4 Å². The van der Waals surface area contributed by atoms with Crippen molar-refractivity contribution in [1.29, 1.82) is 5.26 Å². The van der Waals surface area contributed by atoms with Gasteiger partial charge in [-0.25, -0.2) is 4.79 Å². The topological polar surface area (TPSA) is 53.3 Å². The van der Waals surface area contributed by atoms with Crippen LogP contribution in [0.3, 0.4) is 0 Å². The minimum Gasteiger partial charge on any atom is -0.449 e. The van der Waals surface area contributed by atoms with Crippen molar-refractivity contribution in [2.75, 3.05) is 6.61 Å². The van der Waals surface area contributed by atoms with Gasteiger partial charge in [0.25, 0.3) is 0 Å². The number of hydrogen-bond donors (Lipinski definition) is 0. The lowest BCUT2D eigenvalue weighted by atomic mass is 10.1. The van der Waals surface area contributed by atoms with Crippen molar-refractivity contribution < 1.29 is 9.53 Å². The summed E-state index contributed by atoms with van der Waals surface area (Å²) in [6.45, 7) is 2.04. The number of carbonyl (C=O) groups excluding carboxylic acids is 1. The molecule has 0 N–H and O–H groups in total. The molecular formula is C11H10N2O2S. The fraction of sp³-hybridized carbons (Fsp3) is 0.273. The van der Waals surface area contributed by atoms with Gasteiger partial charge in [-0.05, 0) is 30.0 Å².